The van der Waals surface area contributed by atoms with Crippen LogP contribution in [0.15, 0.2) is 24.3 Å². The fourth-order valence-electron chi connectivity index (χ4n) is 1.02. The molecule has 0 atom stereocenters. The molecule has 5 heteroatoms. The molecule has 1 heterocycles. The lowest BCUT2D eigenvalue weighted by Crippen LogP contribution is -2.28. The molecule has 1 amide bonds. The number of amides is 1. The average Bonchev–Trinajstić information content (AvgIpc) is 2.59. The summed E-state index contributed by atoms with van der Waals surface area (Å²) < 4.78 is 1.02. The van der Waals surface area contributed by atoms with Gasteiger partial charge in [0.15, 0.2) is 0 Å². The van der Waals surface area contributed by atoms with Crippen LogP contribution in [0.3, 0.4) is 0 Å². The number of nitrogens with two attached hydrogens (primary N) is 1. The van der Waals surface area contributed by atoms with E-state index < -0.39 is 0 Å². The summed E-state index contributed by atoms with van der Waals surface area (Å²) in [6, 6.07) is 7.64. The van der Waals surface area contributed by atoms with E-state index in [1.807, 2.05) is 24.3 Å². The van der Waals surface area contributed by atoms with Crippen molar-refractivity contribution in [3.63, 3.8) is 0 Å². The van der Waals surface area contributed by atoms with Gasteiger partial charge in [-0.25, -0.2) is 15.8 Å². The van der Waals surface area contributed by atoms with E-state index in [4.69, 9.17) is 5.84 Å². The van der Waals surface area contributed by atoms with E-state index in [9.17, 15) is 4.79 Å². The molecule has 4 nitrogen and oxygen atoms in total. The summed E-state index contributed by atoms with van der Waals surface area (Å²) in [6.45, 7) is 0. The van der Waals surface area contributed by atoms with Gasteiger partial charge in [-0.1, -0.05) is 23.5 Å². The predicted molar refractivity (Wildman–Crippen MR) is 52.4 cm³/mol. The van der Waals surface area contributed by atoms with Gasteiger partial charge in [-0.05, 0) is 12.1 Å². The number of rotatable bonds is 2. The lowest BCUT2D eigenvalue weighted by Gasteiger charge is -2.02. The van der Waals surface area contributed by atoms with E-state index in [0.29, 0.717) is 11.5 Å². The minimum atomic E-state index is 0.510. The predicted octanol–water partition coefficient (Wildman–Crippen LogP) is 1.13. The van der Waals surface area contributed by atoms with Gasteiger partial charge in [-0.2, -0.15) is 0 Å². The molecule has 0 bridgehead atoms. The van der Waals surface area contributed by atoms with Gasteiger partial charge in [0.1, 0.15) is 0 Å². The SMILES string of the molecule is NN(C=O)c1nc2ccccc2s1. The Morgan fingerprint density at radius 2 is 2.23 bits per heavy atom. The molecule has 1 aromatic heterocycles. The number of nitrogens with zero attached hydrogens (tertiary/aromatic N) is 2. The maximum Gasteiger partial charge on any atom is 0.230 e. The van der Waals surface area contributed by atoms with Crippen molar-refractivity contribution in [2.24, 2.45) is 5.84 Å². The molecule has 66 valence electrons. The van der Waals surface area contributed by atoms with E-state index in [1.54, 1.807) is 0 Å². The lowest BCUT2D eigenvalue weighted by molar-refractivity contribution is -0.107. The van der Waals surface area contributed by atoms with Crippen molar-refractivity contribution in [3.8, 4) is 0 Å². The monoisotopic (exact) mass is 193 g/mol. The van der Waals surface area contributed by atoms with Crippen LogP contribution >= 0.6 is 11.3 Å². The minimum absolute atomic E-state index is 0.510. The van der Waals surface area contributed by atoms with Crippen LogP contribution < -0.4 is 10.9 Å². The Morgan fingerprint density at radius 3 is 2.92 bits per heavy atom. The summed E-state index contributed by atoms with van der Waals surface area (Å²) in [5, 5.41) is 1.49. The normalized spacial score (nSPS) is 10.2. The number of carbonyl (C=O) groups is 1. The van der Waals surface area contributed by atoms with Crippen molar-refractivity contribution >= 4 is 33.1 Å². The first-order valence-corrected chi connectivity index (χ1v) is 4.48. The van der Waals surface area contributed by atoms with Gasteiger partial charge in [0.25, 0.3) is 0 Å². The summed E-state index contributed by atoms with van der Waals surface area (Å²) in [7, 11) is 0. The molecule has 0 spiro atoms. The summed E-state index contributed by atoms with van der Waals surface area (Å²) in [6.07, 6.45) is 0.539. The second kappa shape index (κ2) is 3.12. The highest BCUT2D eigenvalue weighted by Crippen LogP contribution is 2.26. The van der Waals surface area contributed by atoms with Gasteiger partial charge < -0.3 is 0 Å². The minimum Gasteiger partial charge on any atom is -0.277 e. The number of carbonyl (C=O) groups excluding carboxylic acids is 1. The molecule has 0 aliphatic heterocycles. The van der Waals surface area contributed by atoms with Crippen LogP contribution in [0.4, 0.5) is 5.13 Å². The van der Waals surface area contributed by atoms with Crippen molar-refractivity contribution in [2.45, 2.75) is 0 Å². The van der Waals surface area contributed by atoms with Crippen LogP contribution in [-0.2, 0) is 4.79 Å². The molecule has 0 saturated heterocycles. The van der Waals surface area contributed by atoms with Gasteiger partial charge >= 0.3 is 0 Å². The number of hydrogen-bond donors (Lipinski definition) is 1. The average molecular weight is 193 g/mol. The molecule has 0 aliphatic carbocycles. The lowest BCUT2D eigenvalue weighted by atomic mass is 10.3. The maximum atomic E-state index is 10.3. The quantitative estimate of drug-likeness (QED) is 0.336. The fourth-order valence-corrected chi connectivity index (χ4v) is 1.87. The molecule has 2 N–H and O–H groups in total. The number of hydrazine groups is 1. The van der Waals surface area contributed by atoms with Crippen LogP contribution in [-0.4, -0.2) is 11.4 Å². The van der Waals surface area contributed by atoms with Crippen molar-refractivity contribution < 1.29 is 4.79 Å². The Hall–Kier alpha value is -1.46. The van der Waals surface area contributed by atoms with Crippen LogP contribution in [0.2, 0.25) is 0 Å². The highest BCUT2D eigenvalue weighted by Gasteiger charge is 2.06. The van der Waals surface area contributed by atoms with Crippen LogP contribution in [0.1, 0.15) is 0 Å². The summed E-state index contributed by atoms with van der Waals surface area (Å²) in [5.74, 6) is 5.37. The van der Waals surface area contributed by atoms with Crippen molar-refractivity contribution in [1.82, 2.24) is 4.98 Å². The highest BCUT2D eigenvalue weighted by atomic mass is 32.1. The van der Waals surface area contributed by atoms with Gasteiger partial charge in [0.2, 0.25) is 11.5 Å². The smallest absolute Gasteiger partial charge is 0.230 e. The largest absolute Gasteiger partial charge is 0.277 e. The van der Waals surface area contributed by atoms with E-state index >= 15 is 0 Å². The van der Waals surface area contributed by atoms with Crippen molar-refractivity contribution in [3.05, 3.63) is 24.3 Å². The Bertz CT molecular complexity index is 407. The maximum absolute atomic E-state index is 10.3. The zero-order valence-corrected chi connectivity index (χ0v) is 7.49. The molecular formula is C8H7N3OS. The van der Waals surface area contributed by atoms with Crippen LogP contribution in [0.25, 0.3) is 10.2 Å². The molecule has 0 radical (unpaired) electrons. The molecule has 13 heavy (non-hydrogen) atoms. The third-order valence-corrected chi connectivity index (χ3v) is 2.67. The molecule has 0 saturated carbocycles. The van der Waals surface area contributed by atoms with E-state index in [0.717, 1.165) is 15.2 Å². The molecular weight excluding hydrogens is 186 g/mol. The standard InChI is InChI=1S/C8H7N3OS/c9-11(5-12)8-10-6-3-1-2-4-7(6)13-8/h1-5H,9H2. The summed E-state index contributed by atoms with van der Waals surface area (Å²) in [5.41, 5.74) is 0.861. The summed E-state index contributed by atoms with van der Waals surface area (Å²) >= 11 is 1.39. The Kier molecular flexibility index (Phi) is 1.96. The molecule has 2 aromatic rings. The Morgan fingerprint density at radius 1 is 1.46 bits per heavy atom. The number of aromatic nitrogens is 1. The molecule has 0 aliphatic rings. The molecule has 0 fully saturated rings. The van der Waals surface area contributed by atoms with Gasteiger partial charge in [-0.15, -0.1) is 0 Å². The number of hydrogen-bond acceptors (Lipinski definition) is 4. The third-order valence-electron chi connectivity index (χ3n) is 1.62. The molecule has 1 aromatic carbocycles. The van der Waals surface area contributed by atoms with Crippen molar-refractivity contribution in [2.75, 3.05) is 5.01 Å². The second-order valence-electron chi connectivity index (χ2n) is 2.48. The highest BCUT2D eigenvalue weighted by molar-refractivity contribution is 7.22. The van der Waals surface area contributed by atoms with Gasteiger partial charge in [0, 0.05) is 0 Å². The van der Waals surface area contributed by atoms with E-state index in [-0.39, 0.29) is 0 Å². The number of anilines is 1. The zero-order chi connectivity index (χ0) is 9.26. The molecule has 2 rings (SSSR count). The van der Waals surface area contributed by atoms with Crippen LogP contribution in [0.5, 0.6) is 0 Å². The first-order chi connectivity index (χ1) is 6.31. The first-order valence-electron chi connectivity index (χ1n) is 3.66. The first kappa shape index (κ1) is 8.15. The second-order valence-corrected chi connectivity index (χ2v) is 3.49. The number of fused-ring (bicyclic) bond motifs is 1. The van der Waals surface area contributed by atoms with E-state index in [2.05, 4.69) is 4.98 Å². The third kappa shape index (κ3) is 1.39. The Balaban J connectivity index is 2.55. The summed E-state index contributed by atoms with van der Waals surface area (Å²) in [4.78, 5) is 14.5. The number of benzene rings is 1. The number of para-hydroxylation sites is 1. The van der Waals surface area contributed by atoms with Gasteiger partial charge in [0.05, 0.1) is 10.2 Å². The van der Waals surface area contributed by atoms with E-state index in [1.165, 1.54) is 11.3 Å². The molecule has 0 unspecified atom stereocenters. The fraction of sp³-hybridized carbons (Fsp3) is 0. The number of thiazole rings is 1. The Labute approximate surface area is 78.6 Å². The van der Waals surface area contributed by atoms with Crippen LogP contribution in [0, 0.1) is 0 Å². The topological polar surface area (TPSA) is 59.2 Å². The zero-order valence-electron chi connectivity index (χ0n) is 6.68. The van der Waals surface area contributed by atoms with Crippen molar-refractivity contribution in [1.29, 1.82) is 0 Å². The van der Waals surface area contributed by atoms with Gasteiger partial charge in [-0.3, -0.25) is 4.79 Å².